The van der Waals surface area contributed by atoms with Crippen LogP contribution in [-0.4, -0.2) is 29.0 Å². The largest absolute Gasteiger partial charge is 0.465 e. The molecule has 0 spiro atoms. The molecule has 0 unspecified atom stereocenters. The first kappa shape index (κ1) is 20.0. The number of esters is 1. The van der Waals surface area contributed by atoms with Gasteiger partial charge in [-0.15, -0.1) is 0 Å². The van der Waals surface area contributed by atoms with E-state index < -0.39 is 5.97 Å². The smallest absolute Gasteiger partial charge is 0.339 e. The zero-order chi connectivity index (χ0) is 20.8. The quantitative estimate of drug-likeness (QED) is 0.615. The van der Waals surface area contributed by atoms with E-state index in [1.807, 2.05) is 24.3 Å². The highest BCUT2D eigenvalue weighted by Gasteiger charge is 2.15. The Morgan fingerprint density at radius 3 is 2.45 bits per heavy atom. The molecule has 29 heavy (non-hydrogen) atoms. The maximum absolute atomic E-state index is 12.6. The fourth-order valence-electron chi connectivity index (χ4n) is 2.76. The Kier molecular flexibility index (Phi) is 6.19. The molecule has 0 saturated carbocycles. The molecule has 0 atom stereocenters. The van der Waals surface area contributed by atoms with Crippen LogP contribution in [0.5, 0.6) is 0 Å². The van der Waals surface area contributed by atoms with Crippen molar-refractivity contribution in [3.05, 3.63) is 77.1 Å². The summed E-state index contributed by atoms with van der Waals surface area (Å²) in [6.07, 6.45) is 0.932. The molecule has 1 heterocycles. The predicted molar refractivity (Wildman–Crippen MR) is 112 cm³/mol. The second-order valence-electron chi connectivity index (χ2n) is 6.38. The molecule has 3 aromatic rings. The van der Waals surface area contributed by atoms with Crippen LogP contribution in [0.2, 0.25) is 0 Å². The van der Waals surface area contributed by atoms with E-state index >= 15 is 0 Å². The van der Waals surface area contributed by atoms with Crippen LogP contribution in [0.15, 0.2) is 54.6 Å². The van der Waals surface area contributed by atoms with E-state index in [1.165, 1.54) is 12.7 Å². The third-order valence-electron chi connectivity index (χ3n) is 4.29. The topological polar surface area (TPSA) is 93.2 Å². The normalized spacial score (nSPS) is 10.3. The fourth-order valence-corrected chi connectivity index (χ4v) is 2.76. The summed E-state index contributed by atoms with van der Waals surface area (Å²) in [7, 11) is 1.32. The Balaban J connectivity index is 1.83. The lowest BCUT2D eigenvalue weighted by Crippen LogP contribution is -2.16. The molecule has 0 aliphatic heterocycles. The van der Waals surface area contributed by atoms with Gasteiger partial charge in [-0.3, -0.25) is 4.79 Å². The van der Waals surface area contributed by atoms with Crippen molar-refractivity contribution in [1.29, 1.82) is 0 Å². The van der Waals surface area contributed by atoms with Crippen LogP contribution in [0.3, 0.4) is 0 Å². The number of amides is 1. The second kappa shape index (κ2) is 8.97. The van der Waals surface area contributed by atoms with Gasteiger partial charge in [0, 0.05) is 11.4 Å². The molecular formula is C22H22N4O3. The lowest BCUT2D eigenvalue weighted by atomic mass is 10.1. The number of benzene rings is 2. The maximum Gasteiger partial charge on any atom is 0.339 e. The molecule has 2 aromatic carbocycles. The van der Waals surface area contributed by atoms with Gasteiger partial charge in [0.2, 0.25) is 5.95 Å². The lowest BCUT2D eigenvalue weighted by molar-refractivity contribution is 0.0601. The van der Waals surface area contributed by atoms with Crippen LogP contribution in [-0.2, 0) is 11.2 Å². The third kappa shape index (κ3) is 4.95. The molecule has 2 N–H and O–H groups in total. The van der Waals surface area contributed by atoms with Crippen molar-refractivity contribution in [2.75, 3.05) is 17.7 Å². The van der Waals surface area contributed by atoms with Gasteiger partial charge in [0.25, 0.3) is 5.91 Å². The average molecular weight is 390 g/mol. The predicted octanol–water partition coefficient (Wildman–Crippen LogP) is 4.13. The molecule has 7 nitrogen and oxygen atoms in total. The molecule has 1 aromatic heterocycles. The zero-order valence-electron chi connectivity index (χ0n) is 16.5. The summed E-state index contributed by atoms with van der Waals surface area (Å²) in [5.74, 6) is -0.605. The summed E-state index contributed by atoms with van der Waals surface area (Å²) >= 11 is 0. The van der Waals surface area contributed by atoms with Gasteiger partial charge in [-0.25, -0.2) is 14.8 Å². The summed E-state index contributed by atoms with van der Waals surface area (Å²) in [4.78, 5) is 33.2. The number of nitrogens with zero attached hydrogens (tertiary/aromatic N) is 2. The average Bonchev–Trinajstić information content (AvgIpc) is 2.73. The Labute approximate surface area is 169 Å². The molecule has 0 fully saturated rings. The summed E-state index contributed by atoms with van der Waals surface area (Å²) < 4.78 is 4.80. The van der Waals surface area contributed by atoms with Crippen molar-refractivity contribution >= 4 is 29.2 Å². The molecule has 0 saturated heterocycles. The Hall–Kier alpha value is -3.74. The first-order chi connectivity index (χ1) is 14.0. The number of hydrogen-bond acceptors (Lipinski definition) is 6. The Morgan fingerprint density at radius 1 is 1.03 bits per heavy atom. The number of para-hydroxylation sites is 1. The highest BCUT2D eigenvalue weighted by molar-refractivity contribution is 6.03. The fraction of sp³-hybridized carbons (Fsp3) is 0.182. The van der Waals surface area contributed by atoms with Crippen molar-refractivity contribution in [3.8, 4) is 0 Å². The van der Waals surface area contributed by atoms with E-state index in [9.17, 15) is 9.59 Å². The standard InChI is InChI=1S/C22H22N4O3/c1-4-15-9-11-16(12-10-15)24-20(27)19-13-14(2)23-22(26-19)25-18-8-6-5-7-17(18)21(28)29-3/h5-13H,4H2,1-3H3,(H,24,27)(H,23,25,26). The minimum atomic E-state index is -0.478. The summed E-state index contributed by atoms with van der Waals surface area (Å²) in [6.45, 7) is 3.84. The number of carbonyl (C=O) groups is 2. The van der Waals surface area contributed by atoms with Crippen molar-refractivity contribution in [2.45, 2.75) is 20.3 Å². The minimum Gasteiger partial charge on any atom is -0.465 e. The van der Waals surface area contributed by atoms with Crippen LogP contribution < -0.4 is 10.6 Å². The number of nitrogens with one attached hydrogen (secondary N) is 2. The molecular weight excluding hydrogens is 368 g/mol. The van der Waals surface area contributed by atoms with E-state index in [1.54, 1.807) is 37.3 Å². The number of aromatic nitrogens is 2. The number of carbonyl (C=O) groups excluding carboxylic acids is 2. The van der Waals surface area contributed by atoms with Crippen LogP contribution in [0.1, 0.15) is 39.0 Å². The van der Waals surface area contributed by atoms with Crippen molar-refractivity contribution in [3.63, 3.8) is 0 Å². The van der Waals surface area contributed by atoms with Gasteiger partial charge in [0.05, 0.1) is 18.4 Å². The highest BCUT2D eigenvalue weighted by atomic mass is 16.5. The maximum atomic E-state index is 12.6. The number of anilines is 3. The second-order valence-corrected chi connectivity index (χ2v) is 6.38. The SMILES string of the molecule is CCc1ccc(NC(=O)c2cc(C)nc(Nc3ccccc3C(=O)OC)n2)cc1. The first-order valence-corrected chi connectivity index (χ1v) is 9.20. The van der Waals surface area contributed by atoms with Crippen molar-refractivity contribution in [2.24, 2.45) is 0 Å². The van der Waals surface area contributed by atoms with E-state index in [0.29, 0.717) is 22.6 Å². The molecule has 0 aliphatic rings. The van der Waals surface area contributed by atoms with Gasteiger partial charge in [0.1, 0.15) is 5.69 Å². The number of rotatable bonds is 6. The summed E-state index contributed by atoms with van der Waals surface area (Å²) in [6, 6.07) is 16.1. The number of hydrogen-bond donors (Lipinski definition) is 2. The van der Waals surface area contributed by atoms with Crippen molar-refractivity contribution in [1.82, 2.24) is 9.97 Å². The monoisotopic (exact) mass is 390 g/mol. The molecule has 7 heteroatoms. The van der Waals surface area contributed by atoms with Crippen LogP contribution in [0.4, 0.5) is 17.3 Å². The van der Waals surface area contributed by atoms with Gasteiger partial charge in [-0.05, 0) is 49.2 Å². The third-order valence-corrected chi connectivity index (χ3v) is 4.29. The number of ether oxygens (including phenoxy) is 1. The number of methoxy groups -OCH3 is 1. The summed E-state index contributed by atoms with van der Waals surface area (Å²) in [5, 5.41) is 5.84. The van der Waals surface area contributed by atoms with E-state index in [2.05, 4.69) is 27.5 Å². The molecule has 0 aliphatic carbocycles. The highest BCUT2D eigenvalue weighted by Crippen LogP contribution is 2.20. The van der Waals surface area contributed by atoms with Gasteiger partial charge < -0.3 is 15.4 Å². The van der Waals surface area contributed by atoms with Crippen LogP contribution in [0.25, 0.3) is 0 Å². The Morgan fingerprint density at radius 2 is 1.76 bits per heavy atom. The van der Waals surface area contributed by atoms with Gasteiger partial charge in [-0.2, -0.15) is 0 Å². The van der Waals surface area contributed by atoms with E-state index in [0.717, 1.165) is 6.42 Å². The van der Waals surface area contributed by atoms with Gasteiger partial charge in [0.15, 0.2) is 0 Å². The van der Waals surface area contributed by atoms with Crippen molar-refractivity contribution < 1.29 is 14.3 Å². The zero-order valence-corrected chi connectivity index (χ0v) is 16.5. The lowest BCUT2D eigenvalue weighted by Gasteiger charge is -2.11. The van der Waals surface area contributed by atoms with Gasteiger partial charge in [-0.1, -0.05) is 31.2 Å². The Bertz CT molecular complexity index is 1030. The van der Waals surface area contributed by atoms with Gasteiger partial charge >= 0.3 is 5.97 Å². The van der Waals surface area contributed by atoms with Crippen LogP contribution in [0, 0.1) is 6.92 Å². The molecule has 1 amide bonds. The molecule has 0 radical (unpaired) electrons. The molecule has 3 rings (SSSR count). The summed E-state index contributed by atoms with van der Waals surface area (Å²) in [5.41, 5.74) is 3.55. The minimum absolute atomic E-state index is 0.216. The van der Waals surface area contributed by atoms with E-state index in [-0.39, 0.29) is 17.5 Å². The molecule has 148 valence electrons. The molecule has 0 bridgehead atoms. The van der Waals surface area contributed by atoms with E-state index in [4.69, 9.17) is 4.74 Å². The van der Waals surface area contributed by atoms with Crippen LogP contribution >= 0.6 is 0 Å². The number of aryl methyl sites for hydroxylation is 2. The first-order valence-electron chi connectivity index (χ1n) is 9.20.